The first kappa shape index (κ1) is 26.8. The summed E-state index contributed by atoms with van der Waals surface area (Å²) in [5, 5.41) is 2.95. The number of benzene rings is 1. The molecule has 2 atom stereocenters. The highest BCUT2D eigenvalue weighted by Crippen LogP contribution is 2.36. The number of rotatable bonds is 6. The third kappa shape index (κ3) is 6.76. The molecule has 0 unspecified atom stereocenters. The number of hydrogen-bond donors (Lipinski definition) is 2. The van der Waals surface area contributed by atoms with E-state index in [0.29, 0.717) is 37.2 Å². The molecule has 0 bridgehead atoms. The predicted octanol–water partition coefficient (Wildman–Crippen LogP) is 3.85. The summed E-state index contributed by atoms with van der Waals surface area (Å²) in [6.07, 6.45) is -0.0328. The number of carbonyl (C=O) groups excluding carboxylic acids is 2. The van der Waals surface area contributed by atoms with E-state index in [1.165, 1.54) is 0 Å². The molecular formula is C26H33F3N6O2. The molecule has 1 saturated carbocycles. The zero-order chi connectivity index (χ0) is 26.6. The minimum Gasteiger partial charge on any atom is -0.369 e. The average molecular weight is 519 g/mol. The Bertz CT molecular complexity index is 1100. The highest BCUT2D eigenvalue weighted by molar-refractivity contribution is 5.94. The third-order valence-corrected chi connectivity index (χ3v) is 7.33. The van der Waals surface area contributed by atoms with Crippen molar-refractivity contribution in [2.45, 2.75) is 44.7 Å². The SMILES string of the molecule is CN1CCN(C(=O)c2ccc(Nc3ncc(C(F)(F)F)c(C[C@@H]4CCCCC[C@@H]4C(N)=O)n3)cc2)CC1. The van der Waals surface area contributed by atoms with Gasteiger partial charge in [-0.2, -0.15) is 13.2 Å². The fourth-order valence-corrected chi connectivity index (χ4v) is 5.14. The average Bonchev–Trinajstić information content (AvgIpc) is 3.09. The molecule has 8 nitrogen and oxygen atoms in total. The number of anilines is 2. The summed E-state index contributed by atoms with van der Waals surface area (Å²) in [4.78, 5) is 36.9. The van der Waals surface area contributed by atoms with Crippen molar-refractivity contribution in [3.8, 4) is 0 Å². The molecule has 2 heterocycles. The van der Waals surface area contributed by atoms with Gasteiger partial charge in [-0.1, -0.05) is 19.3 Å². The number of hydrogen-bond acceptors (Lipinski definition) is 6. The van der Waals surface area contributed by atoms with Crippen LogP contribution in [0, 0.1) is 11.8 Å². The molecular weight excluding hydrogens is 485 g/mol. The summed E-state index contributed by atoms with van der Waals surface area (Å²) in [6.45, 7) is 2.96. The van der Waals surface area contributed by atoms with Gasteiger partial charge in [-0.05, 0) is 56.5 Å². The highest BCUT2D eigenvalue weighted by atomic mass is 19.4. The van der Waals surface area contributed by atoms with Gasteiger partial charge in [-0.15, -0.1) is 0 Å². The third-order valence-electron chi connectivity index (χ3n) is 7.33. The van der Waals surface area contributed by atoms with Crippen molar-refractivity contribution in [3.05, 3.63) is 47.3 Å². The van der Waals surface area contributed by atoms with E-state index in [0.717, 1.165) is 38.5 Å². The number of carbonyl (C=O) groups is 2. The van der Waals surface area contributed by atoms with Gasteiger partial charge < -0.3 is 20.9 Å². The van der Waals surface area contributed by atoms with Crippen LogP contribution < -0.4 is 11.1 Å². The fraction of sp³-hybridized carbons (Fsp3) is 0.538. The van der Waals surface area contributed by atoms with Gasteiger partial charge in [-0.25, -0.2) is 9.97 Å². The zero-order valence-electron chi connectivity index (χ0n) is 20.9. The zero-order valence-corrected chi connectivity index (χ0v) is 20.9. The van der Waals surface area contributed by atoms with Crippen molar-refractivity contribution < 1.29 is 22.8 Å². The molecule has 2 aliphatic rings. The predicted molar refractivity (Wildman–Crippen MR) is 133 cm³/mol. The van der Waals surface area contributed by atoms with Gasteiger partial charge >= 0.3 is 6.18 Å². The molecule has 1 saturated heterocycles. The smallest absolute Gasteiger partial charge is 0.369 e. The van der Waals surface area contributed by atoms with Crippen LogP contribution in [0.2, 0.25) is 0 Å². The van der Waals surface area contributed by atoms with E-state index in [1.807, 2.05) is 7.05 Å². The number of nitrogens with one attached hydrogen (secondary N) is 1. The van der Waals surface area contributed by atoms with E-state index in [4.69, 9.17) is 5.73 Å². The minimum absolute atomic E-state index is 0.00187. The van der Waals surface area contributed by atoms with E-state index in [9.17, 15) is 22.8 Å². The molecule has 1 aromatic carbocycles. The van der Waals surface area contributed by atoms with Crippen molar-refractivity contribution in [2.75, 3.05) is 38.5 Å². The van der Waals surface area contributed by atoms with Gasteiger partial charge in [0.15, 0.2) is 0 Å². The van der Waals surface area contributed by atoms with Crippen LogP contribution >= 0.6 is 0 Å². The lowest BCUT2D eigenvalue weighted by Gasteiger charge is -2.32. The molecule has 2 amide bonds. The molecule has 4 rings (SSSR count). The minimum atomic E-state index is -4.62. The molecule has 37 heavy (non-hydrogen) atoms. The van der Waals surface area contributed by atoms with E-state index in [1.54, 1.807) is 29.2 Å². The number of likely N-dealkylation sites (N-methyl/N-ethyl adjacent to an activating group) is 1. The molecule has 1 aromatic heterocycles. The number of amides is 2. The lowest BCUT2D eigenvalue weighted by Crippen LogP contribution is -2.47. The van der Waals surface area contributed by atoms with E-state index < -0.39 is 23.6 Å². The molecule has 200 valence electrons. The van der Waals surface area contributed by atoms with Gasteiger partial charge in [0, 0.05) is 49.5 Å². The molecule has 3 N–H and O–H groups in total. The second-order valence-corrected chi connectivity index (χ2v) is 9.96. The molecule has 1 aliphatic carbocycles. The first-order chi connectivity index (χ1) is 17.6. The normalized spacial score (nSPS) is 21.4. The Balaban J connectivity index is 1.51. The van der Waals surface area contributed by atoms with Crippen molar-refractivity contribution >= 4 is 23.5 Å². The first-order valence-corrected chi connectivity index (χ1v) is 12.7. The first-order valence-electron chi connectivity index (χ1n) is 12.7. The lowest BCUT2D eigenvalue weighted by atomic mass is 9.83. The Morgan fingerprint density at radius 1 is 1.05 bits per heavy atom. The van der Waals surface area contributed by atoms with E-state index >= 15 is 0 Å². The van der Waals surface area contributed by atoms with Crippen LogP contribution in [-0.4, -0.2) is 64.8 Å². The van der Waals surface area contributed by atoms with Crippen LogP contribution in [0.15, 0.2) is 30.5 Å². The molecule has 2 aromatic rings. The van der Waals surface area contributed by atoms with Gasteiger partial charge in [-0.3, -0.25) is 9.59 Å². The largest absolute Gasteiger partial charge is 0.419 e. The van der Waals surface area contributed by atoms with Crippen molar-refractivity contribution in [3.63, 3.8) is 0 Å². The summed E-state index contributed by atoms with van der Waals surface area (Å²) >= 11 is 0. The number of piperazine rings is 1. The summed E-state index contributed by atoms with van der Waals surface area (Å²) < 4.78 is 41.3. The van der Waals surface area contributed by atoms with E-state index in [-0.39, 0.29) is 29.9 Å². The molecule has 0 radical (unpaired) electrons. The summed E-state index contributed by atoms with van der Waals surface area (Å²) in [5.41, 5.74) is 5.62. The van der Waals surface area contributed by atoms with Crippen LogP contribution in [0.1, 0.15) is 53.7 Å². The molecule has 1 aliphatic heterocycles. The van der Waals surface area contributed by atoms with Crippen molar-refractivity contribution in [1.29, 1.82) is 0 Å². The fourth-order valence-electron chi connectivity index (χ4n) is 5.14. The second kappa shape index (κ2) is 11.5. The maximum Gasteiger partial charge on any atom is 0.419 e. The number of aromatic nitrogens is 2. The molecule has 11 heteroatoms. The summed E-state index contributed by atoms with van der Waals surface area (Å²) in [6, 6.07) is 6.71. The number of primary amides is 1. The Kier molecular flexibility index (Phi) is 8.31. The van der Waals surface area contributed by atoms with Gasteiger partial charge in [0.05, 0.1) is 11.3 Å². The summed E-state index contributed by atoms with van der Waals surface area (Å²) in [7, 11) is 2.02. The maximum atomic E-state index is 13.8. The van der Waals surface area contributed by atoms with Gasteiger partial charge in [0.25, 0.3) is 5.91 Å². The number of halogens is 3. The van der Waals surface area contributed by atoms with Gasteiger partial charge in [0.1, 0.15) is 0 Å². The van der Waals surface area contributed by atoms with Gasteiger partial charge in [0.2, 0.25) is 11.9 Å². The monoisotopic (exact) mass is 518 g/mol. The topological polar surface area (TPSA) is 104 Å². The van der Waals surface area contributed by atoms with Crippen molar-refractivity contribution in [1.82, 2.24) is 19.8 Å². The van der Waals surface area contributed by atoms with Crippen LogP contribution in [0.4, 0.5) is 24.8 Å². The van der Waals surface area contributed by atoms with Crippen LogP contribution in [-0.2, 0) is 17.4 Å². The van der Waals surface area contributed by atoms with Crippen LogP contribution in [0.3, 0.4) is 0 Å². The standard InChI is InChI=1S/C26H33F3N6O2/c1-34-11-13-35(14-12-34)24(37)17-7-9-19(10-8-17)32-25-31-16-21(26(27,28)29)22(33-25)15-18-5-3-2-4-6-20(18)23(30)36/h7-10,16,18,20H,2-6,11-15H2,1H3,(H2,30,36)(H,31,32,33)/t18-,20-/m0/s1. The molecule has 0 spiro atoms. The Labute approximate surface area is 214 Å². The van der Waals surface area contributed by atoms with Crippen LogP contribution in [0.25, 0.3) is 0 Å². The van der Waals surface area contributed by atoms with Crippen LogP contribution in [0.5, 0.6) is 0 Å². The number of nitrogens with two attached hydrogens (primary N) is 1. The summed E-state index contributed by atoms with van der Waals surface area (Å²) in [5.74, 6) is -1.28. The van der Waals surface area contributed by atoms with E-state index in [2.05, 4.69) is 20.2 Å². The van der Waals surface area contributed by atoms with Crippen molar-refractivity contribution in [2.24, 2.45) is 17.6 Å². The highest BCUT2D eigenvalue weighted by Gasteiger charge is 2.37. The Morgan fingerprint density at radius 3 is 2.38 bits per heavy atom. The number of nitrogens with zero attached hydrogens (tertiary/aromatic N) is 4. The Hall–Kier alpha value is -3.21. The maximum absolute atomic E-state index is 13.8. The quantitative estimate of drug-likeness (QED) is 0.563. The lowest BCUT2D eigenvalue weighted by molar-refractivity contribution is -0.138. The molecule has 2 fully saturated rings. The number of alkyl halides is 3. The Morgan fingerprint density at radius 2 is 1.73 bits per heavy atom. The second-order valence-electron chi connectivity index (χ2n) is 9.96.